The maximum atomic E-state index is 2.30. The van der Waals surface area contributed by atoms with Gasteiger partial charge in [0.15, 0.2) is 0 Å². The van der Waals surface area contributed by atoms with Gasteiger partial charge in [0.1, 0.15) is 0 Å². The van der Waals surface area contributed by atoms with Crippen LogP contribution in [0, 0.1) is 13.8 Å². The Morgan fingerprint density at radius 3 is 2.11 bits per heavy atom. The van der Waals surface area contributed by atoms with Crippen LogP contribution in [0.25, 0.3) is 21.5 Å². The molecular formula is C18H20. The average Bonchev–Trinajstić information content (AvgIpc) is 2.43. The highest BCUT2D eigenvalue weighted by molar-refractivity contribution is 6.03. The van der Waals surface area contributed by atoms with Crippen molar-refractivity contribution in [1.82, 2.24) is 0 Å². The zero-order valence-electron chi connectivity index (χ0n) is 11.6. The first kappa shape index (κ1) is 12.6. The Morgan fingerprint density at radius 1 is 0.667 bits per heavy atom. The predicted molar refractivity (Wildman–Crippen MR) is 82.3 cm³/mol. The van der Waals surface area contributed by atoms with Gasteiger partial charge in [-0.1, -0.05) is 56.3 Å². The summed E-state index contributed by atoms with van der Waals surface area (Å²) >= 11 is 0. The van der Waals surface area contributed by atoms with E-state index < -0.39 is 0 Å². The standard InChI is InChI=1S/C16H14.C2H6/c1-11-6-5-9-15-12(2)14-8-4-3-7-13(14)10-16(11)15;1-2/h3-10H,1-2H3;1-2H3. The highest BCUT2D eigenvalue weighted by Gasteiger charge is 2.04. The van der Waals surface area contributed by atoms with Gasteiger partial charge >= 0.3 is 0 Å². The largest absolute Gasteiger partial charge is 0.0683 e. The Morgan fingerprint density at radius 2 is 1.33 bits per heavy atom. The van der Waals surface area contributed by atoms with Crippen molar-refractivity contribution in [3.8, 4) is 0 Å². The molecule has 0 nitrogen and oxygen atoms in total. The van der Waals surface area contributed by atoms with Crippen molar-refractivity contribution in [3.05, 3.63) is 59.7 Å². The van der Waals surface area contributed by atoms with E-state index in [1.165, 1.54) is 32.7 Å². The fourth-order valence-electron chi connectivity index (χ4n) is 2.46. The van der Waals surface area contributed by atoms with Gasteiger partial charge in [-0.05, 0) is 52.6 Å². The van der Waals surface area contributed by atoms with Gasteiger partial charge in [0.05, 0.1) is 0 Å². The molecule has 3 aromatic rings. The Bertz CT molecular complexity index is 678. The zero-order valence-corrected chi connectivity index (χ0v) is 11.6. The summed E-state index contributed by atoms with van der Waals surface area (Å²) in [7, 11) is 0. The number of fused-ring (bicyclic) bond motifs is 2. The first-order valence-corrected chi connectivity index (χ1v) is 6.65. The lowest BCUT2D eigenvalue weighted by Crippen LogP contribution is -1.84. The molecule has 0 saturated heterocycles. The third-order valence-electron chi connectivity index (χ3n) is 3.39. The molecule has 0 N–H and O–H groups in total. The summed E-state index contributed by atoms with van der Waals surface area (Å²) in [5.41, 5.74) is 2.74. The number of benzene rings is 3. The summed E-state index contributed by atoms with van der Waals surface area (Å²) in [5, 5.41) is 5.44. The molecule has 92 valence electrons. The molecule has 0 radical (unpaired) electrons. The van der Waals surface area contributed by atoms with Crippen LogP contribution in [0.2, 0.25) is 0 Å². The van der Waals surface area contributed by atoms with E-state index in [-0.39, 0.29) is 0 Å². The molecule has 0 aliphatic carbocycles. The summed E-state index contributed by atoms with van der Waals surface area (Å²) in [6, 6.07) is 17.4. The normalized spacial score (nSPS) is 10.2. The van der Waals surface area contributed by atoms with E-state index in [0.717, 1.165) is 0 Å². The minimum Gasteiger partial charge on any atom is -0.0683 e. The lowest BCUT2D eigenvalue weighted by Gasteiger charge is -2.09. The van der Waals surface area contributed by atoms with E-state index in [1.54, 1.807) is 0 Å². The van der Waals surface area contributed by atoms with Crippen molar-refractivity contribution in [2.24, 2.45) is 0 Å². The van der Waals surface area contributed by atoms with Crippen LogP contribution in [0.5, 0.6) is 0 Å². The van der Waals surface area contributed by atoms with Crippen LogP contribution in [-0.4, -0.2) is 0 Å². The van der Waals surface area contributed by atoms with Crippen molar-refractivity contribution in [1.29, 1.82) is 0 Å². The van der Waals surface area contributed by atoms with E-state index in [0.29, 0.717) is 0 Å². The van der Waals surface area contributed by atoms with E-state index in [2.05, 4.69) is 62.4 Å². The summed E-state index contributed by atoms with van der Waals surface area (Å²) in [4.78, 5) is 0. The first-order valence-electron chi connectivity index (χ1n) is 6.65. The highest BCUT2D eigenvalue weighted by Crippen LogP contribution is 2.29. The molecule has 3 rings (SSSR count). The van der Waals surface area contributed by atoms with Gasteiger partial charge < -0.3 is 0 Å². The molecule has 0 fully saturated rings. The van der Waals surface area contributed by atoms with Gasteiger partial charge in [-0.3, -0.25) is 0 Å². The smallest absolute Gasteiger partial charge is 0.0146 e. The molecule has 0 saturated carbocycles. The third kappa shape index (κ3) is 1.99. The molecule has 18 heavy (non-hydrogen) atoms. The zero-order chi connectivity index (χ0) is 13.1. The molecule has 0 spiro atoms. The van der Waals surface area contributed by atoms with Crippen LogP contribution in [0.1, 0.15) is 25.0 Å². The van der Waals surface area contributed by atoms with Crippen molar-refractivity contribution >= 4 is 21.5 Å². The van der Waals surface area contributed by atoms with Crippen molar-refractivity contribution in [2.75, 3.05) is 0 Å². The molecule has 0 atom stereocenters. The van der Waals surface area contributed by atoms with Gasteiger partial charge in [-0.2, -0.15) is 0 Å². The van der Waals surface area contributed by atoms with E-state index in [4.69, 9.17) is 0 Å². The minimum absolute atomic E-state index is 1.34. The molecular weight excluding hydrogens is 216 g/mol. The fraction of sp³-hybridized carbons (Fsp3) is 0.222. The quantitative estimate of drug-likeness (QED) is 0.443. The molecule has 3 aromatic carbocycles. The van der Waals surface area contributed by atoms with Gasteiger partial charge in [0.25, 0.3) is 0 Å². The minimum atomic E-state index is 1.34. The van der Waals surface area contributed by atoms with Crippen molar-refractivity contribution < 1.29 is 0 Å². The van der Waals surface area contributed by atoms with Crippen molar-refractivity contribution in [2.45, 2.75) is 27.7 Å². The maximum Gasteiger partial charge on any atom is -0.0146 e. The summed E-state index contributed by atoms with van der Waals surface area (Å²) in [6.07, 6.45) is 0. The summed E-state index contributed by atoms with van der Waals surface area (Å²) in [6.45, 7) is 8.39. The summed E-state index contributed by atoms with van der Waals surface area (Å²) < 4.78 is 0. The van der Waals surface area contributed by atoms with E-state index in [9.17, 15) is 0 Å². The molecule has 0 amide bonds. The first-order chi connectivity index (χ1) is 8.77. The Labute approximate surface area is 109 Å². The molecule has 0 aromatic heterocycles. The molecule has 0 heteroatoms. The lowest BCUT2D eigenvalue weighted by atomic mass is 9.95. The second kappa shape index (κ2) is 5.22. The van der Waals surface area contributed by atoms with Crippen LogP contribution >= 0.6 is 0 Å². The molecule has 0 heterocycles. The monoisotopic (exact) mass is 236 g/mol. The van der Waals surface area contributed by atoms with E-state index in [1.807, 2.05) is 13.8 Å². The van der Waals surface area contributed by atoms with Crippen molar-refractivity contribution in [3.63, 3.8) is 0 Å². The number of rotatable bonds is 0. The number of aryl methyl sites for hydroxylation is 2. The topological polar surface area (TPSA) is 0 Å². The number of hydrogen-bond acceptors (Lipinski definition) is 0. The highest BCUT2D eigenvalue weighted by atomic mass is 14.1. The molecule has 0 unspecified atom stereocenters. The van der Waals surface area contributed by atoms with Gasteiger partial charge in [-0.25, -0.2) is 0 Å². The second-order valence-electron chi connectivity index (χ2n) is 4.39. The van der Waals surface area contributed by atoms with Crippen LogP contribution in [-0.2, 0) is 0 Å². The van der Waals surface area contributed by atoms with E-state index >= 15 is 0 Å². The Hall–Kier alpha value is -1.82. The van der Waals surface area contributed by atoms with Crippen LogP contribution < -0.4 is 0 Å². The molecule has 0 bridgehead atoms. The van der Waals surface area contributed by atoms with Gasteiger partial charge in [-0.15, -0.1) is 0 Å². The Kier molecular flexibility index (Phi) is 3.66. The fourth-order valence-corrected chi connectivity index (χ4v) is 2.46. The molecule has 0 aliphatic heterocycles. The average molecular weight is 236 g/mol. The lowest BCUT2D eigenvalue weighted by molar-refractivity contribution is 1.50. The van der Waals surface area contributed by atoms with Gasteiger partial charge in [0.2, 0.25) is 0 Å². The Balaban J connectivity index is 0.000000574. The SMILES string of the molecule is CC.Cc1cccc2c(C)c3ccccc3cc12. The molecule has 0 aliphatic rings. The predicted octanol–water partition coefficient (Wildman–Crippen LogP) is 5.64. The van der Waals surface area contributed by atoms with Crippen LogP contribution in [0.15, 0.2) is 48.5 Å². The summed E-state index contributed by atoms with van der Waals surface area (Å²) in [5.74, 6) is 0. The third-order valence-corrected chi connectivity index (χ3v) is 3.39. The maximum absolute atomic E-state index is 2.30. The number of hydrogen-bond donors (Lipinski definition) is 0. The van der Waals surface area contributed by atoms with Gasteiger partial charge in [0, 0.05) is 0 Å². The second-order valence-corrected chi connectivity index (χ2v) is 4.39. The van der Waals surface area contributed by atoms with Crippen LogP contribution in [0.4, 0.5) is 0 Å². The van der Waals surface area contributed by atoms with Crippen LogP contribution in [0.3, 0.4) is 0 Å².